The van der Waals surface area contributed by atoms with Crippen LogP contribution in [0.3, 0.4) is 0 Å². The number of ether oxygens (including phenoxy) is 1. The highest BCUT2D eigenvalue weighted by Gasteiger charge is 2.28. The molecule has 2 atom stereocenters. The van der Waals surface area contributed by atoms with Crippen LogP contribution >= 0.6 is 0 Å². The van der Waals surface area contributed by atoms with Crippen LogP contribution in [0.2, 0.25) is 0 Å². The van der Waals surface area contributed by atoms with Crippen molar-refractivity contribution in [3.63, 3.8) is 0 Å². The first-order valence-corrected chi connectivity index (χ1v) is 10.6. The van der Waals surface area contributed by atoms with Gasteiger partial charge in [-0.1, -0.05) is 23.4 Å². The quantitative estimate of drug-likeness (QED) is 0.745. The molecule has 1 aromatic carbocycles. The summed E-state index contributed by atoms with van der Waals surface area (Å²) in [6.07, 6.45) is 2.38. The summed E-state index contributed by atoms with van der Waals surface area (Å²) in [7, 11) is 0. The Morgan fingerprint density at radius 3 is 2.86 bits per heavy atom. The molecular weight excluding hydrogens is 368 g/mol. The first-order valence-electron chi connectivity index (χ1n) is 10.6. The Labute approximate surface area is 171 Å². The van der Waals surface area contributed by atoms with Crippen LogP contribution in [0.15, 0.2) is 40.9 Å². The second-order valence-electron chi connectivity index (χ2n) is 8.01. The van der Waals surface area contributed by atoms with Gasteiger partial charge in [0.15, 0.2) is 5.76 Å². The zero-order chi connectivity index (χ0) is 19.9. The lowest BCUT2D eigenvalue weighted by atomic mass is 9.81. The summed E-state index contributed by atoms with van der Waals surface area (Å²) in [5.41, 5.74) is 1.84. The molecule has 7 heteroatoms. The predicted octanol–water partition coefficient (Wildman–Crippen LogP) is 2.30. The van der Waals surface area contributed by atoms with Gasteiger partial charge < -0.3 is 19.9 Å². The van der Waals surface area contributed by atoms with Crippen LogP contribution in [-0.4, -0.2) is 55.4 Å². The molecule has 2 N–H and O–H groups in total. The number of carbonyl (C=O) groups excluding carboxylic acids is 1. The number of benzene rings is 1. The molecule has 2 aliphatic heterocycles. The van der Waals surface area contributed by atoms with E-state index in [1.54, 1.807) is 0 Å². The van der Waals surface area contributed by atoms with Crippen molar-refractivity contribution in [2.75, 3.05) is 44.7 Å². The molecule has 1 aromatic heterocycles. The van der Waals surface area contributed by atoms with Crippen molar-refractivity contribution in [1.82, 2.24) is 15.4 Å². The average molecular weight is 399 g/mol. The van der Waals surface area contributed by atoms with Crippen LogP contribution in [0.5, 0.6) is 0 Å². The van der Waals surface area contributed by atoms with Crippen LogP contribution in [0.1, 0.15) is 24.3 Å². The fourth-order valence-corrected chi connectivity index (χ4v) is 4.23. The Morgan fingerprint density at radius 2 is 2.03 bits per heavy atom. The van der Waals surface area contributed by atoms with Gasteiger partial charge in [0, 0.05) is 31.3 Å². The van der Waals surface area contributed by atoms with E-state index >= 15 is 0 Å². The van der Waals surface area contributed by atoms with Gasteiger partial charge in [-0.3, -0.25) is 9.69 Å². The summed E-state index contributed by atoms with van der Waals surface area (Å²) in [5, 5.41) is 10.8. The fraction of sp³-hybridized carbons (Fsp3) is 0.545. The van der Waals surface area contributed by atoms with E-state index in [9.17, 15) is 4.79 Å². The molecule has 0 spiro atoms. The molecule has 0 radical (unpaired) electrons. The molecule has 4 rings (SSSR count). The molecule has 29 heavy (non-hydrogen) atoms. The lowest BCUT2D eigenvalue weighted by Crippen LogP contribution is -2.39. The molecule has 7 nitrogen and oxygen atoms in total. The van der Waals surface area contributed by atoms with Crippen molar-refractivity contribution in [2.24, 2.45) is 11.8 Å². The highest BCUT2D eigenvalue weighted by atomic mass is 16.5. The van der Waals surface area contributed by atoms with Crippen molar-refractivity contribution in [2.45, 2.75) is 25.8 Å². The monoisotopic (exact) mass is 398 g/mol. The molecule has 2 saturated heterocycles. The van der Waals surface area contributed by atoms with Gasteiger partial charge in [-0.15, -0.1) is 0 Å². The Bertz CT molecular complexity index is 773. The largest absolute Gasteiger partial charge is 0.379 e. The maximum Gasteiger partial charge on any atom is 0.224 e. The van der Waals surface area contributed by atoms with Crippen molar-refractivity contribution >= 4 is 11.6 Å². The average Bonchev–Trinajstić information content (AvgIpc) is 3.18. The van der Waals surface area contributed by atoms with Crippen molar-refractivity contribution in [3.8, 4) is 0 Å². The number of amides is 1. The van der Waals surface area contributed by atoms with Crippen LogP contribution in [-0.2, 0) is 22.5 Å². The maximum absolute atomic E-state index is 12.5. The summed E-state index contributed by atoms with van der Waals surface area (Å²) in [6, 6.07) is 11.7. The smallest absolute Gasteiger partial charge is 0.224 e. The Kier molecular flexibility index (Phi) is 6.92. The zero-order valence-corrected chi connectivity index (χ0v) is 16.8. The van der Waals surface area contributed by atoms with Gasteiger partial charge in [0.1, 0.15) is 0 Å². The lowest BCUT2D eigenvalue weighted by molar-refractivity contribution is -0.117. The summed E-state index contributed by atoms with van der Waals surface area (Å²) in [4.78, 5) is 14.8. The molecule has 2 fully saturated rings. The van der Waals surface area contributed by atoms with Gasteiger partial charge in [0.05, 0.1) is 25.5 Å². The minimum atomic E-state index is 0.0845. The number of nitrogens with one attached hydrogen (secondary N) is 2. The molecule has 1 amide bonds. The predicted molar refractivity (Wildman–Crippen MR) is 110 cm³/mol. The molecule has 3 heterocycles. The first-order chi connectivity index (χ1) is 14.3. The standard InChI is InChI=1S/C22H30N4O3/c27-22(24-19-4-2-1-3-5-19)13-17-6-7-23-15-18(17)12-20-14-21(29-25-20)16-26-8-10-28-11-9-26/h1-5,14,17-18,23H,6-13,15-16H2,(H,24,27)/t17-,18-/m0/s1. The van der Waals surface area contributed by atoms with E-state index in [0.717, 1.165) is 75.9 Å². The first kappa shape index (κ1) is 20.1. The van der Waals surface area contributed by atoms with Crippen LogP contribution in [0.4, 0.5) is 5.69 Å². The molecule has 0 unspecified atom stereocenters. The van der Waals surface area contributed by atoms with Crippen LogP contribution in [0.25, 0.3) is 0 Å². The maximum atomic E-state index is 12.5. The lowest BCUT2D eigenvalue weighted by Gasteiger charge is -2.31. The Balaban J connectivity index is 1.31. The molecule has 0 aliphatic carbocycles. The van der Waals surface area contributed by atoms with Gasteiger partial charge in [-0.25, -0.2) is 0 Å². The van der Waals surface area contributed by atoms with Gasteiger partial charge in [0.25, 0.3) is 0 Å². The second-order valence-corrected chi connectivity index (χ2v) is 8.01. The third-order valence-electron chi connectivity index (χ3n) is 5.83. The number of piperidine rings is 1. The molecule has 0 saturated carbocycles. The topological polar surface area (TPSA) is 79.6 Å². The summed E-state index contributed by atoms with van der Waals surface area (Å²) in [6.45, 7) is 6.07. The van der Waals surface area contributed by atoms with Crippen LogP contribution in [0, 0.1) is 11.8 Å². The number of rotatable bonds is 7. The summed E-state index contributed by atoms with van der Waals surface area (Å²) in [5.74, 6) is 1.72. The van der Waals surface area contributed by atoms with Gasteiger partial charge in [0.2, 0.25) is 5.91 Å². The number of para-hydroxylation sites is 1. The minimum Gasteiger partial charge on any atom is -0.379 e. The number of hydrogen-bond donors (Lipinski definition) is 2. The molecule has 2 aliphatic rings. The van der Waals surface area contributed by atoms with E-state index in [-0.39, 0.29) is 5.91 Å². The molecule has 2 aromatic rings. The number of anilines is 1. The normalized spacial score (nSPS) is 23.0. The van der Waals surface area contributed by atoms with E-state index < -0.39 is 0 Å². The molecular formula is C22H30N4O3. The van der Waals surface area contributed by atoms with Gasteiger partial charge >= 0.3 is 0 Å². The van der Waals surface area contributed by atoms with E-state index in [4.69, 9.17) is 9.26 Å². The van der Waals surface area contributed by atoms with Crippen LogP contribution < -0.4 is 10.6 Å². The SMILES string of the molecule is O=C(C[C@@H]1CCNC[C@@H]1Cc1cc(CN2CCOCC2)on1)Nc1ccccc1. The summed E-state index contributed by atoms with van der Waals surface area (Å²) < 4.78 is 11.0. The highest BCUT2D eigenvalue weighted by Crippen LogP contribution is 2.27. The van der Waals surface area contributed by atoms with Crippen molar-refractivity contribution in [3.05, 3.63) is 47.9 Å². The molecule has 156 valence electrons. The van der Waals surface area contributed by atoms with Crippen molar-refractivity contribution < 1.29 is 14.1 Å². The van der Waals surface area contributed by atoms with E-state index in [0.29, 0.717) is 18.3 Å². The Hall–Kier alpha value is -2.22. The van der Waals surface area contributed by atoms with E-state index in [1.807, 2.05) is 30.3 Å². The summed E-state index contributed by atoms with van der Waals surface area (Å²) >= 11 is 0. The third kappa shape index (κ3) is 5.88. The zero-order valence-electron chi connectivity index (χ0n) is 16.8. The number of hydrogen-bond acceptors (Lipinski definition) is 6. The van der Waals surface area contributed by atoms with Crippen molar-refractivity contribution in [1.29, 1.82) is 0 Å². The number of carbonyl (C=O) groups is 1. The number of nitrogens with zero attached hydrogens (tertiary/aromatic N) is 2. The third-order valence-corrected chi connectivity index (χ3v) is 5.83. The van der Waals surface area contributed by atoms with E-state index in [1.165, 1.54) is 0 Å². The molecule has 0 bridgehead atoms. The van der Waals surface area contributed by atoms with E-state index in [2.05, 4.69) is 26.8 Å². The fourth-order valence-electron chi connectivity index (χ4n) is 4.23. The van der Waals surface area contributed by atoms with Gasteiger partial charge in [-0.05, 0) is 49.9 Å². The second kappa shape index (κ2) is 10.0. The minimum absolute atomic E-state index is 0.0845. The van der Waals surface area contributed by atoms with Gasteiger partial charge in [-0.2, -0.15) is 0 Å². The number of aromatic nitrogens is 1. The Morgan fingerprint density at radius 1 is 1.21 bits per heavy atom. The number of morpholine rings is 1. The highest BCUT2D eigenvalue weighted by molar-refractivity contribution is 5.90.